The summed E-state index contributed by atoms with van der Waals surface area (Å²) >= 11 is 0. The molecular formula is C16H23NO. The second-order valence-electron chi connectivity index (χ2n) is 6.50. The van der Waals surface area contributed by atoms with Gasteiger partial charge in [0.15, 0.2) is 0 Å². The van der Waals surface area contributed by atoms with E-state index in [0.29, 0.717) is 18.1 Å². The van der Waals surface area contributed by atoms with E-state index in [1.54, 1.807) is 0 Å². The zero-order chi connectivity index (χ0) is 13.3. The average molecular weight is 245 g/mol. The van der Waals surface area contributed by atoms with E-state index >= 15 is 0 Å². The molecule has 2 heteroatoms. The zero-order valence-corrected chi connectivity index (χ0v) is 11.5. The van der Waals surface area contributed by atoms with Crippen LogP contribution in [0.15, 0.2) is 30.3 Å². The van der Waals surface area contributed by atoms with Crippen molar-refractivity contribution in [3.8, 4) is 0 Å². The maximum Gasteiger partial charge on any atom is 0.138 e. The fraction of sp³-hybridized carbons (Fsp3) is 0.562. The second-order valence-corrected chi connectivity index (χ2v) is 6.50. The van der Waals surface area contributed by atoms with Gasteiger partial charge in [-0.1, -0.05) is 51.1 Å². The molecule has 1 fully saturated rings. The molecule has 0 aromatic heterocycles. The van der Waals surface area contributed by atoms with Crippen LogP contribution in [0.25, 0.3) is 0 Å². The molecule has 0 heterocycles. The van der Waals surface area contributed by atoms with E-state index in [9.17, 15) is 4.79 Å². The van der Waals surface area contributed by atoms with E-state index in [1.165, 1.54) is 5.56 Å². The summed E-state index contributed by atoms with van der Waals surface area (Å²) in [5.41, 5.74) is 7.38. The zero-order valence-electron chi connectivity index (χ0n) is 11.5. The number of rotatable bonds is 4. The van der Waals surface area contributed by atoms with Gasteiger partial charge in [-0.2, -0.15) is 0 Å². The Morgan fingerprint density at radius 3 is 2.50 bits per heavy atom. The van der Waals surface area contributed by atoms with Crippen molar-refractivity contribution in [2.45, 2.75) is 45.6 Å². The molecule has 2 N–H and O–H groups in total. The largest absolute Gasteiger partial charge is 0.327 e. The number of hydrogen-bond donors (Lipinski definition) is 1. The van der Waals surface area contributed by atoms with Gasteiger partial charge in [-0.3, -0.25) is 4.79 Å². The van der Waals surface area contributed by atoms with Crippen molar-refractivity contribution >= 4 is 5.78 Å². The Labute approximate surface area is 110 Å². The van der Waals surface area contributed by atoms with Gasteiger partial charge in [-0.25, -0.2) is 0 Å². The van der Waals surface area contributed by atoms with Crippen LogP contribution in [0.5, 0.6) is 0 Å². The second kappa shape index (κ2) is 4.85. The van der Waals surface area contributed by atoms with E-state index in [4.69, 9.17) is 5.73 Å². The number of ketones is 1. The first kappa shape index (κ1) is 13.3. The Bertz CT molecular complexity index is 418. The monoisotopic (exact) mass is 245 g/mol. The molecule has 0 spiro atoms. The SMILES string of the molecule is CC(C)(C)C(N)CC(=O)C1CC1c1ccccc1. The summed E-state index contributed by atoms with van der Waals surface area (Å²) < 4.78 is 0. The summed E-state index contributed by atoms with van der Waals surface area (Å²) in [5.74, 6) is 0.984. The first-order valence-electron chi connectivity index (χ1n) is 6.73. The molecule has 2 nitrogen and oxygen atoms in total. The summed E-state index contributed by atoms with van der Waals surface area (Å²) in [6.45, 7) is 6.27. The smallest absolute Gasteiger partial charge is 0.138 e. The minimum atomic E-state index is -0.0398. The molecule has 3 atom stereocenters. The van der Waals surface area contributed by atoms with Crippen LogP contribution in [-0.2, 0) is 4.79 Å². The first-order valence-corrected chi connectivity index (χ1v) is 6.73. The van der Waals surface area contributed by atoms with Gasteiger partial charge in [0.25, 0.3) is 0 Å². The Hall–Kier alpha value is -1.15. The van der Waals surface area contributed by atoms with E-state index in [0.717, 1.165) is 6.42 Å². The average Bonchev–Trinajstić information content (AvgIpc) is 3.08. The summed E-state index contributed by atoms with van der Waals surface area (Å²) in [7, 11) is 0. The van der Waals surface area contributed by atoms with Crippen molar-refractivity contribution in [2.24, 2.45) is 17.1 Å². The van der Waals surface area contributed by atoms with Crippen LogP contribution in [0.3, 0.4) is 0 Å². The standard InChI is InChI=1S/C16H23NO/c1-16(2,3)15(17)10-14(18)13-9-12(13)11-7-5-4-6-8-11/h4-8,12-13,15H,9-10,17H2,1-3H3. The molecule has 0 saturated heterocycles. The summed E-state index contributed by atoms with van der Waals surface area (Å²) in [4.78, 5) is 12.2. The van der Waals surface area contributed by atoms with E-state index in [2.05, 4.69) is 32.9 Å². The van der Waals surface area contributed by atoms with Crippen LogP contribution >= 0.6 is 0 Å². The number of hydrogen-bond acceptors (Lipinski definition) is 2. The van der Waals surface area contributed by atoms with Gasteiger partial charge < -0.3 is 5.73 Å². The Kier molecular flexibility index (Phi) is 3.58. The molecule has 1 saturated carbocycles. The lowest BCUT2D eigenvalue weighted by Gasteiger charge is -2.26. The van der Waals surface area contributed by atoms with Crippen molar-refractivity contribution in [3.05, 3.63) is 35.9 Å². The third-order valence-electron chi connectivity index (χ3n) is 3.97. The highest BCUT2D eigenvalue weighted by molar-refractivity contribution is 5.85. The summed E-state index contributed by atoms with van der Waals surface area (Å²) in [6, 6.07) is 10.3. The lowest BCUT2D eigenvalue weighted by atomic mass is 9.84. The third-order valence-corrected chi connectivity index (χ3v) is 3.97. The summed E-state index contributed by atoms with van der Waals surface area (Å²) in [5, 5.41) is 0. The van der Waals surface area contributed by atoms with Crippen molar-refractivity contribution in [1.29, 1.82) is 0 Å². The predicted molar refractivity (Wildman–Crippen MR) is 74.3 cm³/mol. The lowest BCUT2D eigenvalue weighted by molar-refractivity contribution is -0.121. The van der Waals surface area contributed by atoms with Crippen molar-refractivity contribution in [3.63, 3.8) is 0 Å². The molecule has 1 aromatic carbocycles. The van der Waals surface area contributed by atoms with Crippen LogP contribution in [0.4, 0.5) is 0 Å². The van der Waals surface area contributed by atoms with Crippen LogP contribution in [-0.4, -0.2) is 11.8 Å². The lowest BCUT2D eigenvalue weighted by Crippen LogP contribution is -2.37. The molecule has 1 aliphatic rings. The molecule has 0 bridgehead atoms. The molecule has 0 aliphatic heterocycles. The van der Waals surface area contributed by atoms with Crippen molar-refractivity contribution in [1.82, 2.24) is 0 Å². The predicted octanol–water partition coefficient (Wildman–Crippen LogP) is 3.12. The topological polar surface area (TPSA) is 43.1 Å². The van der Waals surface area contributed by atoms with E-state index in [1.807, 2.05) is 18.2 Å². The fourth-order valence-corrected chi connectivity index (χ4v) is 2.29. The van der Waals surface area contributed by atoms with E-state index in [-0.39, 0.29) is 17.4 Å². The number of nitrogens with two attached hydrogens (primary N) is 1. The van der Waals surface area contributed by atoms with Gasteiger partial charge in [0.05, 0.1) is 0 Å². The number of benzene rings is 1. The molecule has 0 radical (unpaired) electrons. The number of carbonyl (C=O) groups is 1. The molecule has 1 aromatic rings. The molecular weight excluding hydrogens is 222 g/mol. The molecule has 1 aliphatic carbocycles. The van der Waals surface area contributed by atoms with Crippen LogP contribution in [0.1, 0.15) is 45.1 Å². The van der Waals surface area contributed by atoms with E-state index < -0.39 is 0 Å². The Morgan fingerprint density at radius 1 is 1.33 bits per heavy atom. The Morgan fingerprint density at radius 2 is 1.94 bits per heavy atom. The highest BCUT2D eigenvalue weighted by atomic mass is 16.1. The van der Waals surface area contributed by atoms with Crippen molar-refractivity contribution < 1.29 is 4.79 Å². The molecule has 18 heavy (non-hydrogen) atoms. The molecule has 3 unspecified atom stereocenters. The van der Waals surface area contributed by atoms with Crippen LogP contribution < -0.4 is 5.73 Å². The summed E-state index contributed by atoms with van der Waals surface area (Å²) in [6.07, 6.45) is 1.51. The van der Waals surface area contributed by atoms with Gasteiger partial charge >= 0.3 is 0 Å². The molecule has 2 rings (SSSR count). The maximum absolute atomic E-state index is 12.2. The first-order chi connectivity index (χ1) is 8.39. The Balaban J connectivity index is 1.91. The number of carbonyl (C=O) groups excluding carboxylic acids is 1. The van der Waals surface area contributed by atoms with Crippen LogP contribution in [0, 0.1) is 11.3 Å². The van der Waals surface area contributed by atoms with Gasteiger partial charge in [-0.05, 0) is 23.3 Å². The highest BCUT2D eigenvalue weighted by Crippen LogP contribution is 2.48. The number of Topliss-reactive ketones (excluding diaryl/α,β-unsaturated/α-hetero) is 1. The minimum absolute atomic E-state index is 0.00674. The molecule has 98 valence electrons. The fourth-order valence-electron chi connectivity index (χ4n) is 2.29. The molecule has 0 amide bonds. The van der Waals surface area contributed by atoms with Crippen molar-refractivity contribution in [2.75, 3.05) is 0 Å². The highest BCUT2D eigenvalue weighted by Gasteiger charge is 2.44. The normalized spacial score (nSPS) is 24.7. The van der Waals surface area contributed by atoms with Gasteiger partial charge in [0.1, 0.15) is 5.78 Å². The van der Waals surface area contributed by atoms with Gasteiger partial charge in [-0.15, -0.1) is 0 Å². The maximum atomic E-state index is 12.2. The quantitative estimate of drug-likeness (QED) is 0.885. The van der Waals surface area contributed by atoms with Gasteiger partial charge in [0, 0.05) is 18.4 Å². The third kappa shape index (κ3) is 2.99. The minimum Gasteiger partial charge on any atom is -0.327 e. The van der Waals surface area contributed by atoms with Crippen LogP contribution in [0.2, 0.25) is 0 Å². The van der Waals surface area contributed by atoms with Gasteiger partial charge in [0.2, 0.25) is 0 Å².